The van der Waals surface area contributed by atoms with Gasteiger partial charge in [-0.05, 0) is 23.3 Å². The van der Waals surface area contributed by atoms with Crippen LogP contribution in [0.1, 0.15) is 48.6 Å². The van der Waals surface area contributed by atoms with Crippen LogP contribution >= 0.6 is 11.3 Å². The lowest BCUT2D eigenvalue weighted by molar-refractivity contribution is -0.118. The monoisotopic (exact) mass is 380 g/mol. The van der Waals surface area contributed by atoms with Crippen LogP contribution in [0.5, 0.6) is 5.88 Å². The third kappa shape index (κ3) is 2.68. The Morgan fingerprint density at radius 2 is 2.22 bits per heavy atom. The number of nitrogen functional groups attached to an aromatic ring is 1. The number of ketones is 1. The zero-order valence-corrected chi connectivity index (χ0v) is 16.2. The lowest BCUT2D eigenvalue weighted by Crippen LogP contribution is -2.34. The molecule has 0 amide bonds. The average Bonchev–Trinajstić information content (AvgIpc) is 3.13. The van der Waals surface area contributed by atoms with Gasteiger partial charge in [0.15, 0.2) is 5.78 Å². The minimum atomic E-state index is -0.314. The van der Waals surface area contributed by atoms with E-state index < -0.39 is 0 Å². The van der Waals surface area contributed by atoms with Gasteiger partial charge in [0.05, 0.1) is 18.7 Å². The molecule has 0 saturated carbocycles. The molecule has 0 fully saturated rings. The summed E-state index contributed by atoms with van der Waals surface area (Å²) < 4.78 is 5.27. The molecule has 2 aliphatic rings. The first-order valence-electron chi connectivity index (χ1n) is 8.70. The van der Waals surface area contributed by atoms with Crippen molar-refractivity contribution in [1.82, 2.24) is 4.98 Å². The third-order valence-corrected chi connectivity index (χ3v) is 6.07. The van der Waals surface area contributed by atoms with Crippen molar-refractivity contribution >= 4 is 28.6 Å². The van der Waals surface area contributed by atoms with Crippen molar-refractivity contribution in [3.05, 3.63) is 44.8 Å². The minimum Gasteiger partial charge on any atom is -0.480 e. The van der Waals surface area contributed by atoms with Crippen LogP contribution in [0.2, 0.25) is 0 Å². The van der Waals surface area contributed by atoms with E-state index in [0.717, 1.165) is 22.6 Å². The lowest BCUT2D eigenvalue weighted by Gasteiger charge is -2.39. The number of carbonyl (C=O) groups excluding carboxylic acids is 1. The van der Waals surface area contributed by atoms with E-state index in [0.29, 0.717) is 23.2 Å². The molecule has 1 unspecified atom stereocenters. The van der Waals surface area contributed by atoms with E-state index in [1.54, 1.807) is 11.3 Å². The summed E-state index contributed by atoms with van der Waals surface area (Å²) in [5, 5.41) is 15.1. The highest BCUT2D eigenvalue weighted by atomic mass is 32.1. The molecule has 1 aliphatic heterocycles. The van der Waals surface area contributed by atoms with Crippen LogP contribution < -0.4 is 15.8 Å². The number of nitriles is 1. The maximum absolute atomic E-state index is 13.1. The van der Waals surface area contributed by atoms with Gasteiger partial charge in [-0.1, -0.05) is 19.9 Å². The van der Waals surface area contributed by atoms with Crippen molar-refractivity contribution in [3.63, 3.8) is 0 Å². The molecule has 4 rings (SSSR count). The molecule has 0 radical (unpaired) electrons. The van der Waals surface area contributed by atoms with Gasteiger partial charge < -0.3 is 15.8 Å². The van der Waals surface area contributed by atoms with Crippen LogP contribution in [-0.4, -0.2) is 17.9 Å². The van der Waals surface area contributed by atoms with Crippen LogP contribution in [0, 0.1) is 16.7 Å². The number of nitrogens with two attached hydrogens (primary N) is 1. The zero-order valence-electron chi connectivity index (χ0n) is 15.4. The summed E-state index contributed by atoms with van der Waals surface area (Å²) >= 11 is 1.57. The van der Waals surface area contributed by atoms with E-state index in [-0.39, 0.29) is 28.8 Å². The van der Waals surface area contributed by atoms with Crippen LogP contribution in [0.4, 0.5) is 11.5 Å². The van der Waals surface area contributed by atoms with E-state index in [4.69, 9.17) is 10.5 Å². The highest BCUT2D eigenvalue weighted by Crippen LogP contribution is 2.52. The predicted octanol–water partition coefficient (Wildman–Crippen LogP) is 3.81. The van der Waals surface area contributed by atoms with Crippen LogP contribution in [-0.2, 0) is 4.79 Å². The number of fused-ring (bicyclic) bond motifs is 1. The molecule has 0 saturated heterocycles. The Morgan fingerprint density at radius 1 is 1.44 bits per heavy atom. The second kappa shape index (κ2) is 6.10. The number of allylic oxidation sites excluding steroid dienone is 2. The molecule has 6 nitrogen and oxygen atoms in total. The number of nitrogens with zero attached hydrogens (tertiary/aromatic N) is 2. The Balaban J connectivity index is 2.03. The molecule has 1 atom stereocenters. The molecule has 138 valence electrons. The first-order valence-corrected chi connectivity index (χ1v) is 9.58. The molecule has 0 aromatic carbocycles. The first kappa shape index (κ1) is 17.6. The molecule has 27 heavy (non-hydrogen) atoms. The van der Waals surface area contributed by atoms with Gasteiger partial charge >= 0.3 is 0 Å². The zero-order chi connectivity index (χ0) is 19.3. The second-order valence-electron chi connectivity index (χ2n) is 7.69. The van der Waals surface area contributed by atoms with Crippen LogP contribution in [0.15, 0.2) is 28.8 Å². The standard InChI is InChI=1S/C20H20N4O2S/c1-20(2)7-11-14(12(25)8-20)15(13-5-4-6-27-13)16-17(23-11)10(9-21)19(26-3)24-18(16)22/h4-6,15,23H,7-8H2,1-3H3,(H2,22,24). The largest absolute Gasteiger partial charge is 0.480 e. The topological polar surface area (TPSA) is 101 Å². The predicted molar refractivity (Wildman–Crippen MR) is 105 cm³/mol. The third-order valence-electron chi connectivity index (χ3n) is 5.14. The van der Waals surface area contributed by atoms with E-state index >= 15 is 0 Å². The smallest absolute Gasteiger partial charge is 0.235 e. The van der Waals surface area contributed by atoms with Crippen molar-refractivity contribution in [2.24, 2.45) is 5.41 Å². The Labute approximate surface area is 161 Å². The number of nitrogens with one attached hydrogen (secondary N) is 1. The van der Waals surface area contributed by atoms with Gasteiger partial charge in [0.25, 0.3) is 0 Å². The maximum atomic E-state index is 13.1. The fourth-order valence-electron chi connectivity index (χ4n) is 4.09. The summed E-state index contributed by atoms with van der Waals surface area (Å²) in [6, 6.07) is 6.14. The number of ether oxygens (including phenoxy) is 1. The van der Waals surface area contributed by atoms with E-state index in [1.807, 2.05) is 17.5 Å². The normalized spacial score (nSPS) is 20.4. The SMILES string of the molecule is COc1nc(N)c2c(c1C#N)NC1=C(C(=O)CC(C)(C)C1)C2c1cccs1. The summed E-state index contributed by atoms with van der Waals surface area (Å²) in [6.07, 6.45) is 1.21. The Hall–Kier alpha value is -2.85. The quantitative estimate of drug-likeness (QED) is 0.822. The Kier molecular flexibility index (Phi) is 3.97. The Bertz CT molecular complexity index is 1020. The Morgan fingerprint density at radius 3 is 2.85 bits per heavy atom. The minimum absolute atomic E-state index is 0.117. The summed E-state index contributed by atoms with van der Waals surface area (Å²) in [6.45, 7) is 4.16. The number of aromatic nitrogens is 1. The fourth-order valence-corrected chi connectivity index (χ4v) is 4.93. The number of methoxy groups -OCH3 is 1. The van der Waals surface area contributed by atoms with E-state index in [1.165, 1.54) is 7.11 Å². The number of thiophene rings is 1. The molecule has 0 bridgehead atoms. The van der Waals surface area contributed by atoms with Crippen molar-refractivity contribution in [3.8, 4) is 11.9 Å². The van der Waals surface area contributed by atoms with Crippen molar-refractivity contribution in [2.75, 3.05) is 18.2 Å². The molecular formula is C20H20N4O2S. The second-order valence-corrected chi connectivity index (χ2v) is 8.67. The van der Waals surface area contributed by atoms with E-state index in [2.05, 4.69) is 30.2 Å². The molecular weight excluding hydrogens is 360 g/mol. The number of anilines is 2. The number of hydrogen-bond donors (Lipinski definition) is 2. The van der Waals surface area contributed by atoms with Gasteiger partial charge in [-0.15, -0.1) is 11.3 Å². The van der Waals surface area contributed by atoms with E-state index in [9.17, 15) is 10.1 Å². The fraction of sp³-hybridized carbons (Fsp3) is 0.350. The van der Waals surface area contributed by atoms with Gasteiger partial charge in [-0.3, -0.25) is 4.79 Å². The molecule has 2 aromatic heterocycles. The molecule has 3 heterocycles. The molecule has 1 aliphatic carbocycles. The van der Waals surface area contributed by atoms with Gasteiger partial charge in [-0.2, -0.15) is 10.2 Å². The number of Topliss-reactive ketones (excluding diaryl/α,β-unsaturated/α-hetero) is 1. The van der Waals surface area contributed by atoms with Crippen molar-refractivity contribution in [1.29, 1.82) is 5.26 Å². The summed E-state index contributed by atoms with van der Waals surface area (Å²) in [5.41, 5.74) is 9.35. The maximum Gasteiger partial charge on any atom is 0.235 e. The van der Waals surface area contributed by atoms with Gasteiger partial charge in [0, 0.05) is 28.1 Å². The highest BCUT2D eigenvalue weighted by Gasteiger charge is 2.43. The number of hydrogen-bond acceptors (Lipinski definition) is 7. The lowest BCUT2D eigenvalue weighted by atomic mass is 9.69. The van der Waals surface area contributed by atoms with Crippen molar-refractivity contribution in [2.45, 2.75) is 32.6 Å². The van der Waals surface area contributed by atoms with Crippen LogP contribution in [0.25, 0.3) is 0 Å². The molecule has 2 aromatic rings. The van der Waals surface area contributed by atoms with Gasteiger partial charge in [-0.25, -0.2) is 0 Å². The summed E-state index contributed by atoms with van der Waals surface area (Å²) in [4.78, 5) is 18.4. The average molecular weight is 380 g/mol. The molecule has 3 N–H and O–H groups in total. The number of carbonyl (C=O) groups is 1. The molecule has 0 spiro atoms. The first-order chi connectivity index (χ1) is 12.9. The van der Waals surface area contributed by atoms with Gasteiger partial charge in [0.2, 0.25) is 5.88 Å². The number of rotatable bonds is 2. The summed E-state index contributed by atoms with van der Waals surface area (Å²) in [5.74, 6) is 0.268. The number of pyridine rings is 1. The van der Waals surface area contributed by atoms with Gasteiger partial charge in [0.1, 0.15) is 17.5 Å². The highest BCUT2D eigenvalue weighted by molar-refractivity contribution is 7.10. The van der Waals surface area contributed by atoms with Crippen LogP contribution in [0.3, 0.4) is 0 Å². The molecule has 7 heteroatoms. The summed E-state index contributed by atoms with van der Waals surface area (Å²) in [7, 11) is 1.46. The van der Waals surface area contributed by atoms with Crippen molar-refractivity contribution < 1.29 is 9.53 Å².